The Bertz CT molecular complexity index is 2240. The molecule has 0 unspecified atom stereocenters. The van der Waals surface area contributed by atoms with E-state index >= 15 is 0 Å². The minimum Gasteiger partial charge on any atom is -0.385 e. The van der Waals surface area contributed by atoms with Crippen LogP contribution in [0.5, 0.6) is 0 Å². The van der Waals surface area contributed by atoms with Gasteiger partial charge >= 0.3 is 6.03 Å². The van der Waals surface area contributed by atoms with Crippen LogP contribution in [-0.4, -0.2) is 101 Å². The Morgan fingerprint density at radius 2 is 1.72 bits per heavy atom. The highest BCUT2D eigenvalue weighted by Crippen LogP contribution is 2.42. The van der Waals surface area contributed by atoms with E-state index in [4.69, 9.17) is 22.4 Å². The van der Waals surface area contributed by atoms with Crippen molar-refractivity contribution in [2.75, 3.05) is 68.0 Å². The molecule has 1 spiro atoms. The highest BCUT2D eigenvalue weighted by Gasteiger charge is 2.39. The first-order chi connectivity index (χ1) is 26.1. The van der Waals surface area contributed by atoms with E-state index in [9.17, 15) is 19.2 Å². The van der Waals surface area contributed by atoms with Gasteiger partial charge in [-0.1, -0.05) is 29.5 Å². The Hall–Kier alpha value is -5.65. The van der Waals surface area contributed by atoms with Gasteiger partial charge in [0, 0.05) is 62.5 Å². The molecular weight excluding hydrogens is 708 g/mol. The molecule has 54 heavy (non-hydrogen) atoms. The van der Waals surface area contributed by atoms with E-state index < -0.39 is 11.9 Å². The molecule has 15 heteroatoms. The van der Waals surface area contributed by atoms with E-state index in [1.165, 1.54) is 21.2 Å². The monoisotopic (exact) mass is 748 g/mol. The van der Waals surface area contributed by atoms with Gasteiger partial charge in [-0.05, 0) is 86.5 Å². The maximum atomic E-state index is 13.6. The molecule has 3 fully saturated rings. The molecule has 5 amide bonds. The van der Waals surface area contributed by atoms with E-state index in [1.807, 2.05) is 24.1 Å². The van der Waals surface area contributed by atoms with Crippen LogP contribution >= 0.6 is 11.6 Å². The number of primary amides is 1. The minimum atomic E-state index is -0.590. The zero-order valence-electron chi connectivity index (χ0n) is 30.0. The average molecular weight is 749 g/mol. The summed E-state index contributed by atoms with van der Waals surface area (Å²) in [6.45, 7) is 4.93. The number of carbonyl (C=O) groups is 4. The molecule has 0 bridgehead atoms. The van der Waals surface area contributed by atoms with Crippen LogP contribution in [0.3, 0.4) is 0 Å². The summed E-state index contributed by atoms with van der Waals surface area (Å²) in [6.07, 6.45) is 6.48. The smallest absolute Gasteiger partial charge is 0.328 e. The molecule has 4 aliphatic heterocycles. The van der Waals surface area contributed by atoms with E-state index in [0.29, 0.717) is 47.4 Å². The van der Waals surface area contributed by atoms with E-state index in [2.05, 4.69) is 49.4 Å². The summed E-state index contributed by atoms with van der Waals surface area (Å²) in [7, 11) is 1.81. The molecule has 8 rings (SSSR count). The van der Waals surface area contributed by atoms with Crippen molar-refractivity contribution < 1.29 is 19.2 Å². The van der Waals surface area contributed by atoms with Gasteiger partial charge in [0.05, 0.1) is 29.1 Å². The number of nitrogens with one attached hydrogen (secondary N) is 2. The highest BCUT2D eigenvalue weighted by molar-refractivity contribution is 6.34. The number of hydrogen-bond donors (Lipinski definition) is 3. The Morgan fingerprint density at radius 1 is 0.963 bits per heavy atom. The first-order valence-corrected chi connectivity index (χ1v) is 18.7. The Balaban J connectivity index is 0.871. The summed E-state index contributed by atoms with van der Waals surface area (Å²) in [4.78, 5) is 61.8. The number of fused-ring (bicyclic) bond motifs is 2. The van der Waals surface area contributed by atoms with Gasteiger partial charge in [-0.3, -0.25) is 29.5 Å². The third-order valence-corrected chi connectivity index (χ3v) is 11.7. The fraction of sp³-hybridized carbons (Fsp3) is 0.385. The summed E-state index contributed by atoms with van der Waals surface area (Å²) < 4.78 is 1.50. The van der Waals surface area contributed by atoms with Crippen molar-refractivity contribution in [3.8, 4) is 11.8 Å². The molecule has 0 aliphatic carbocycles. The van der Waals surface area contributed by atoms with Gasteiger partial charge in [0.25, 0.3) is 11.8 Å². The average Bonchev–Trinajstić information content (AvgIpc) is 3.81. The van der Waals surface area contributed by atoms with Crippen LogP contribution in [-0.2, 0) is 11.2 Å². The second-order valence-corrected chi connectivity index (χ2v) is 14.8. The van der Waals surface area contributed by atoms with E-state index in [0.717, 1.165) is 68.7 Å². The van der Waals surface area contributed by atoms with Gasteiger partial charge in [0.2, 0.25) is 5.91 Å². The van der Waals surface area contributed by atoms with Crippen LogP contribution in [0.4, 0.5) is 27.7 Å². The van der Waals surface area contributed by atoms with Crippen molar-refractivity contribution in [3.05, 3.63) is 76.1 Å². The van der Waals surface area contributed by atoms with Gasteiger partial charge in [-0.15, -0.1) is 5.10 Å². The van der Waals surface area contributed by atoms with Gasteiger partial charge < -0.3 is 20.9 Å². The predicted octanol–water partition coefficient (Wildman–Crippen LogP) is 4.03. The molecule has 4 aliphatic rings. The molecule has 3 saturated heterocycles. The first-order valence-electron chi connectivity index (χ1n) is 18.3. The fourth-order valence-electron chi connectivity index (χ4n) is 8.17. The standard InChI is InChI=1S/C39H41ClN10O4/c1-42-29-23-33(45-50-32(35(41)52)24-43-36(29)50)48-16-9-27-25(4-2-6-30(27)48)5-3-15-46-18-11-39(12-19-46)13-20-47(21-14-39)37(53)26-7-8-28(40)31(22-26)49-17-10-34(51)44-38(49)54/h2,4,6-8,22-24,42H,9-21H2,1H3,(H2,41,52)(H,44,51,54). The van der Waals surface area contributed by atoms with E-state index in [-0.39, 0.29) is 35.9 Å². The van der Waals surface area contributed by atoms with E-state index in [1.54, 1.807) is 18.2 Å². The maximum Gasteiger partial charge on any atom is 0.328 e. The summed E-state index contributed by atoms with van der Waals surface area (Å²) in [5, 5.41) is 10.6. The van der Waals surface area contributed by atoms with Crippen LogP contribution in [0.25, 0.3) is 5.65 Å². The summed E-state index contributed by atoms with van der Waals surface area (Å²) in [6, 6.07) is 12.6. The van der Waals surface area contributed by atoms with Crippen molar-refractivity contribution in [3.63, 3.8) is 0 Å². The van der Waals surface area contributed by atoms with Gasteiger partial charge in [0.1, 0.15) is 5.69 Å². The zero-order valence-corrected chi connectivity index (χ0v) is 30.8. The maximum absolute atomic E-state index is 13.6. The van der Waals surface area contributed by atoms with Crippen molar-refractivity contribution in [1.29, 1.82) is 0 Å². The van der Waals surface area contributed by atoms with Gasteiger partial charge in [0.15, 0.2) is 11.5 Å². The molecule has 0 atom stereocenters. The number of urea groups is 1. The molecule has 4 N–H and O–H groups in total. The molecule has 6 heterocycles. The Kier molecular flexibility index (Phi) is 9.37. The molecule has 278 valence electrons. The molecule has 4 aromatic rings. The number of benzene rings is 2. The lowest BCUT2D eigenvalue weighted by Gasteiger charge is -2.46. The van der Waals surface area contributed by atoms with Crippen LogP contribution in [0, 0.1) is 17.3 Å². The van der Waals surface area contributed by atoms with Crippen LogP contribution < -0.4 is 26.2 Å². The van der Waals surface area contributed by atoms with Crippen LogP contribution in [0.15, 0.2) is 48.7 Å². The van der Waals surface area contributed by atoms with Crippen molar-refractivity contribution in [2.45, 2.75) is 38.5 Å². The summed E-state index contributed by atoms with van der Waals surface area (Å²) >= 11 is 6.41. The third kappa shape index (κ3) is 6.58. The van der Waals surface area contributed by atoms with Gasteiger partial charge in [-0.2, -0.15) is 0 Å². The number of halogens is 1. The number of likely N-dealkylation sites (tertiary alicyclic amines) is 2. The predicted molar refractivity (Wildman–Crippen MR) is 205 cm³/mol. The largest absolute Gasteiger partial charge is 0.385 e. The molecule has 0 radical (unpaired) electrons. The van der Waals surface area contributed by atoms with Crippen molar-refractivity contribution in [2.24, 2.45) is 11.1 Å². The van der Waals surface area contributed by atoms with Crippen molar-refractivity contribution >= 4 is 63.9 Å². The fourth-order valence-corrected chi connectivity index (χ4v) is 8.39. The number of carbonyl (C=O) groups excluding carboxylic acids is 4. The number of nitrogens with two attached hydrogens (primary N) is 1. The molecule has 0 saturated carbocycles. The molecule has 14 nitrogen and oxygen atoms in total. The normalized spacial score (nSPS) is 18.4. The number of imidazole rings is 1. The number of piperidine rings is 2. The number of rotatable bonds is 6. The summed E-state index contributed by atoms with van der Waals surface area (Å²) in [5.41, 5.74) is 11.5. The summed E-state index contributed by atoms with van der Waals surface area (Å²) in [5.74, 6) is 6.60. The number of nitrogens with zero attached hydrogens (tertiary/aromatic N) is 7. The second-order valence-electron chi connectivity index (χ2n) is 14.4. The highest BCUT2D eigenvalue weighted by atomic mass is 35.5. The first kappa shape index (κ1) is 35.4. The lowest BCUT2D eigenvalue weighted by atomic mass is 9.71. The Labute approximate surface area is 317 Å². The minimum absolute atomic E-state index is 0.0741. The van der Waals surface area contributed by atoms with Crippen LogP contribution in [0.1, 0.15) is 64.1 Å². The molecule has 2 aromatic heterocycles. The number of hydrogen-bond acceptors (Lipinski definition) is 9. The molecular formula is C39H41ClN10O4. The molecule has 2 aromatic carbocycles. The number of aromatic nitrogens is 3. The topological polar surface area (TPSA) is 162 Å². The lowest BCUT2D eigenvalue weighted by Crippen LogP contribution is -2.50. The second kappa shape index (κ2) is 14.3. The van der Waals surface area contributed by atoms with Gasteiger partial charge in [-0.25, -0.2) is 14.3 Å². The van der Waals surface area contributed by atoms with Crippen LogP contribution in [0.2, 0.25) is 5.02 Å². The quantitative estimate of drug-likeness (QED) is 0.247. The number of anilines is 4. The van der Waals surface area contributed by atoms with Crippen molar-refractivity contribution in [1.82, 2.24) is 29.7 Å². The number of imide groups is 1. The zero-order chi connectivity index (χ0) is 37.6. The Morgan fingerprint density at radius 3 is 2.46 bits per heavy atom. The number of amides is 5. The lowest BCUT2D eigenvalue weighted by molar-refractivity contribution is -0.120. The SMILES string of the molecule is CNc1cc(N2CCc3c(C#CCN4CCC5(CC4)CCN(C(=O)c4ccc(Cl)c(N6CCC(=O)NC6=O)c4)CC5)cccc32)nn2c(C(N)=O)cnc12. The third-order valence-electron chi connectivity index (χ3n) is 11.4.